The van der Waals surface area contributed by atoms with Crippen molar-refractivity contribution in [2.75, 3.05) is 42.9 Å². The molecule has 2 aliphatic heterocycles. The summed E-state index contributed by atoms with van der Waals surface area (Å²) in [6, 6.07) is 14.4. The molecular formula is C19H21N5S. The van der Waals surface area contributed by atoms with Crippen molar-refractivity contribution in [2.45, 2.75) is 0 Å². The van der Waals surface area contributed by atoms with Crippen LogP contribution in [0.5, 0.6) is 0 Å². The standard InChI is InChI=1S/C19H21N5S/c25-19(22-14-15-13-21-17-6-2-1-5-16(15)17)24-11-9-23(10-12-24)18-7-3-4-8-20-18/h1-8,14,21H,9-13H2,(H,22,25)/b15-14-. The van der Waals surface area contributed by atoms with Gasteiger partial charge in [-0.1, -0.05) is 24.3 Å². The lowest BCUT2D eigenvalue weighted by Gasteiger charge is -2.36. The topological polar surface area (TPSA) is 43.4 Å². The predicted molar refractivity (Wildman–Crippen MR) is 107 cm³/mol. The lowest BCUT2D eigenvalue weighted by Crippen LogP contribution is -2.51. The molecule has 1 fully saturated rings. The molecule has 0 amide bonds. The third-order valence-corrected chi connectivity index (χ3v) is 5.03. The van der Waals surface area contributed by atoms with Gasteiger partial charge in [-0.2, -0.15) is 0 Å². The summed E-state index contributed by atoms with van der Waals surface area (Å²) in [5, 5.41) is 7.50. The summed E-state index contributed by atoms with van der Waals surface area (Å²) in [5.41, 5.74) is 3.67. The highest BCUT2D eigenvalue weighted by molar-refractivity contribution is 7.80. The van der Waals surface area contributed by atoms with E-state index in [2.05, 4.69) is 49.7 Å². The fraction of sp³-hybridized carbons (Fsp3) is 0.263. The van der Waals surface area contributed by atoms with Gasteiger partial charge in [-0.3, -0.25) is 0 Å². The second-order valence-corrected chi connectivity index (χ2v) is 6.57. The fourth-order valence-electron chi connectivity index (χ4n) is 3.25. The van der Waals surface area contributed by atoms with E-state index < -0.39 is 0 Å². The van der Waals surface area contributed by atoms with Gasteiger partial charge in [0, 0.05) is 56.4 Å². The summed E-state index contributed by atoms with van der Waals surface area (Å²) in [6.45, 7) is 4.50. The van der Waals surface area contributed by atoms with E-state index in [-0.39, 0.29) is 0 Å². The van der Waals surface area contributed by atoms with Gasteiger partial charge in [-0.25, -0.2) is 4.98 Å². The number of pyridine rings is 1. The molecule has 0 bridgehead atoms. The zero-order chi connectivity index (χ0) is 17.1. The lowest BCUT2D eigenvalue weighted by atomic mass is 10.1. The number of piperazine rings is 1. The number of para-hydroxylation sites is 1. The van der Waals surface area contributed by atoms with Gasteiger partial charge in [0.25, 0.3) is 0 Å². The Hall–Kier alpha value is -2.60. The first kappa shape index (κ1) is 15.9. The van der Waals surface area contributed by atoms with E-state index >= 15 is 0 Å². The molecule has 1 aromatic carbocycles. The number of anilines is 2. The summed E-state index contributed by atoms with van der Waals surface area (Å²) < 4.78 is 0. The van der Waals surface area contributed by atoms with E-state index in [0.29, 0.717) is 0 Å². The number of rotatable bonds is 2. The monoisotopic (exact) mass is 351 g/mol. The molecule has 128 valence electrons. The highest BCUT2D eigenvalue weighted by Gasteiger charge is 2.20. The Bertz CT molecular complexity index is 781. The minimum absolute atomic E-state index is 0.789. The van der Waals surface area contributed by atoms with Crippen LogP contribution in [0.25, 0.3) is 5.57 Å². The first-order valence-electron chi connectivity index (χ1n) is 8.55. The summed E-state index contributed by atoms with van der Waals surface area (Å²) in [6.07, 6.45) is 3.87. The van der Waals surface area contributed by atoms with Crippen LogP contribution < -0.4 is 15.5 Å². The SMILES string of the molecule is S=C(N/C=C1/CNc2ccccc21)N1CCN(c2ccccn2)CC1. The molecule has 2 N–H and O–H groups in total. The number of hydrogen-bond donors (Lipinski definition) is 2. The number of fused-ring (bicyclic) bond motifs is 1. The van der Waals surface area contributed by atoms with Crippen LogP contribution in [0.15, 0.2) is 54.9 Å². The Balaban J connectivity index is 1.34. The molecule has 0 radical (unpaired) electrons. The zero-order valence-electron chi connectivity index (χ0n) is 14.0. The molecule has 1 aromatic heterocycles. The smallest absolute Gasteiger partial charge is 0.173 e. The highest BCUT2D eigenvalue weighted by Crippen LogP contribution is 2.29. The minimum atomic E-state index is 0.789. The van der Waals surface area contributed by atoms with Crippen molar-refractivity contribution in [2.24, 2.45) is 0 Å². The molecule has 2 aliphatic rings. The van der Waals surface area contributed by atoms with Gasteiger partial charge < -0.3 is 20.4 Å². The van der Waals surface area contributed by atoms with Crippen molar-refractivity contribution in [3.63, 3.8) is 0 Å². The van der Waals surface area contributed by atoms with Gasteiger partial charge in [-0.15, -0.1) is 0 Å². The molecule has 4 rings (SSSR count). The Labute approximate surface area is 153 Å². The van der Waals surface area contributed by atoms with Gasteiger partial charge in [0.05, 0.1) is 0 Å². The van der Waals surface area contributed by atoms with Crippen molar-refractivity contribution >= 4 is 34.4 Å². The Kier molecular flexibility index (Phi) is 4.52. The molecule has 0 atom stereocenters. The van der Waals surface area contributed by atoms with Crippen LogP contribution in [-0.2, 0) is 0 Å². The number of nitrogens with one attached hydrogen (secondary N) is 2. The first-order chi connectivity index (χ1) is 12.3. The van der Waals surface area contributed by atoms with Crippen molar-refractivity contribution < 1.29 is 0 Å². The maximum absolute atomic E-state index is 5.58. The fourth-order valence-corrected chi connectivity index (χ4v) is 3.49. The summed E-state index contributed by atoms with van der Waals surface area (Å²) in [4.78, 5) is 8.95. The van der Waals surface area contributed by atoms with E-state index in [4.69, 9.17) is 12.2 Å². The number of nitrogens with zero attached hydrogens (tertiary/aromatic N) is 3. The quantitative estimate of drug-likeness (QED) is 0.811. The molecule has 3 heterocycles. The van der Waals surface area contributed by atoms with Gasteiger partial charge in [0.15, 0.2) is 5.11 Å². The number of hydrogen-bond acceptors (Lipinski definition) is 4. The predicted octanol–water partition coefficient (Wildman–Crippen LogP) is 2.54. The maximum Gasteiger partial charge on any atom is 0.173 e. The van der Waals surface area contributed by atoms with E-state index in [1.807, 2.05) is 30.6 Å². The molecule has 0 spiro atoms. The van der Waals surface area contributed by atoms with Crippen LogP contribution in [0.4, 0.5) is 11.5 Å². The molecule has 2 aromatic rings. The molecular weight excluding hydrogens is 330 g/mol. The van der Waals surface area contributed by atoms with Crippen LogP contribution in [0.2, 0.25) is 0 Å². The van der Waals surface area contributed by atoms with Crippen molar-refractivity contribution in [3.8, 4) is 0 Å². The number of thiocarbonyl (C=S) groups is 1. The Morgan fingerprint density at radius 1 is 1.08 bits per heavy atom. The molecule has 0 saturated carbocycles. The van der Waals surface area contributed by atoms with E-state index in [1.54, 1.807) is 0 Å². The van der Waals surface area contributed by atoms with Crippen LogP contribution in [-0.4, -0.2) is 47.7 Å². The lowest BCUT2D eigenvalue weighted by molar-refractivity contribution is 0.383. The third kappa shape index (κ3) is 3.44. The van der Waals surface area contributed by atoms with E-state index in [0.717, 1.165) is 43.7 Å². The Morgan fingerprint density at radius 2 is 1.88 bits per heavy atom. The molecule has 1 saturated heterocycles. The van der Waals surface area contributed by atoms with Crippen LogP contribution in [0.1, 0.15) is 5.56 Å². The molecule has 0 aliphatic carbocycles. The van der Waals surface area contributed by atoms with Gasteiger partial charge in [-0.05, 0) is 36.0 Å². The first-order valence-corrected chi connectivity index (χ1v) is 8.96. The molecule has 25 heavy (non-hydrogen) atoms. The van der Waals surface area contributed by atoms with E-state index in [1.165, 1.54) is 16.8 Å². The molecule has 6 heteroatoms. The van der Waals surface area contributed by atoms with Crippen LogP contribution in [0, 0.1) is 0 Å². The van der Waals surface area contributed by atoms with Gasteiger partial charge in [0.2, 0.25) is 0 Å². The zero-order valence-corrected chi connectivity index (χ0v) is 14.8. The second-order valence-electron chi connectivity index (χ2n) is 6.18. The number of aromatic nitrogens is 1. The highest BCUT2D eigenvalue weighted by atomic mass is 32.1. The van der Waals surface area contributed by atoms with Gasteiger partial charge >= 0.3 is 0 Å². The van der Waals surface area contributed by atoms with Crippen molar-refractivity contribution in [1.82, 2.24) is 15.2 Å². The average molecular weight is 351 g/mol. The second kappa shape index (κ2) is 7.11. The Morgan fingerprint density at radius 3 is 2.68 bits per heavy atom. The molecule has 0 unspecified atom stereocenters. The van der Waals surface area contributed by atoms with Crippen LogP contribution in [0.3, 0.4) is 0 Å². The van der Waals surface area contributed by atoms with Gasteiger partial charge in [0.1, 0.15) is 5.82 Å². The summed E-state index contributed by atoms with van der Waals surface area (Å²) in [7, 11) is 0. The third-order valence-electron chi connectivity index (χ3n) is 4.65. The molecule has 5 nitrogen and oxygen atoms in total. The maximum atomic E-state index is 5.58. The normalized spacial score (nSPS) is 18.0. The number of benzene rings is 1. The van der Waals surface area contributed by atoms with Crippen LogP contribution >= 0.6 is 12.2 Å². The van der Waals surface area contributed by atoms with E-state index in [9.17, 15) is 0 Å². The summed E-state index contributed by atoms with van der Waals surface area (Å²) >= 11 is 5.58. The largest absolute Gasteiger partial charge is 0.380 e. The average Bonchev–Trinajstić information content (AvgIpc) is 3.10. The minimum Gasteiger partial charge on any atom is -0.380 e. The van der Waals surface area contributed by atoms with Crippen molar-refractivity contribution in [3.05, 3.63) is 60.4 Å². The van der Waals surface area contributed by atoms with Crippen molar-refractivity contribution in [1.29, 1.82) is 0 Å². The summed E-state index contributed by atoms with van der Waals surface area (Å²) in [5.74, 6) is 1.04.